The van der Waals surface area contributed by atoms with Crippen LogP contribution in [0.4, 0.5) is 4.39 Å². The van der Waals surface area contributed by atoms with Gasteiger partial charge in [0.2, 0.25) is 0 Å². The Bertz CT molecular complexity index is 422. The van der Waals surface area contributed by atoms with Crippen molar-refractivity contribution in [2.24, 2.45) is 5.73 Å². The van der Waals surface area contributed by atoms with Crippen LogP contribution in [0.15, 0.2) is 34.9 Å². The molecule has 0 aliphatic rings. The molecule has 1 heterocycles. The van der Waals surface area contributed by atoms with Crippen LogP contribution in [0, 0.1) is 5.82 Å². The highest BCUT2D eigenvalue weighted by Crippen LogP contribution is 2.18. The molecule has 1 aromatic heterocycles. The second kappa shape index (κ2) is 3.59. The molecule has 0 radical (unpaired) electrons. The molecule has 0 unspecified atom stereocenters. The average molecular weight is 192 g/mol. The van der Waals surface area contributed by atoms with Crippen molar-refractivity contribution in [3.63, 3.8) is 0 Å². The number of hydrogen-bond acceptors (Lipinski definition) is 3. The van der Waals surface area contributed by atoms with Crippen LogP contribution in [0.3, 0.4) is 0 Å². The summed E-state index contributed by atoms with van der Waals surface area (Å²) >= 11 is 0. The predicted molar refractivity (Wildman–Crippen MR) is 49.8 cm³/mol. The molecule has 2 rings (SSSR count). The molecule has 0 atom stereocenters. The summed E-state index contributed by atoms with van der Waals surface area (Å²) in [6, 6.07) is 7.80. The third-order valence-electron chi connectivity index (χ3n) is 1.90. The Morgan fingerprint density at radius 1 is 1.29 bits per heavy atom. The van der Waals surface area contributed by atoms with E-state index in [4.69, 9.17) is 10.3 Å². The van der Waals surface area contributed by atoms with Crippen LogP contribution in [0.2, 0.25) is 0 Å². The van der Waals surface area contributed by atoms with E-state index < -0.39 is 0 Å². The summed E-state index contributed by atoms with van der Waals surface area (Å²) in [5.41, 5.74) is 6.86. The van der Waals surface area contributed by atoms with Crippen molar-refractivity contribution in [1.82, 2.24) is 5.16 Å². The van der Waals surface area contributed by atoms with Gasteiger partial charge in [0.25, 0.3) is 0 Å². The lowest BCUT2D eigenvalue weighted by molar-refractivity contribution is 0.387. The van der Waals surface area contributed by atoms with Gasteiger partial charge in [-0.1, -0.05) is 5.16 Å². The number of nitrogens with two attached hydrogens (primary N) is 1. The van der Waals surface area contributed by atoms with E-state index in [0.29, 0.717) is 18.0 Å². The fourth-order valence-corrected chi connectivity index (χ4v) is 1.17. The molecule has 3 nitrogen and oxygen atoms in total. The molecule has 0 saturated heterocycles. The molecule has 2 N–H and O–H groups in total. The van der Waals surface area contributed by atoms with E-state index in [-0.39, 0.29) is 5.82 Å². The van der Waals surface area contributed by atoms with E-state index >= 15 is 0 Å². The van der Waals surface area contributed by atoms with Gasteiger partial charge in [-0.15, -0.1) is 0 Å². The van der Waals surface area contributed by atoms with Crippen molar-refractivity contribution in [3.05, 3.63) is 41.9 Å². The van der Waals surface area contributed by atoms with Crippen molar-refractivity contribution in [2.75, 3.05) is 0 Å². The van der Waals surface area contributed by atoms with E-state index in [1.165, 1.54) is 12.1 Å². The van der Waals surface area contributed by atoms with Crippen LogP contribution in [0.5, 0.6) is 0 Å². The summed E-state index contributed by atoms with van der Waals surface area (Å²) in [5.74, 6) is 0.348. The lowest BCUT2D eigenvalue weighted by Crippen LogP contribution is -1.92. The molecule has 0 amide bonds. The normalized spacial score (nSPS) is 10.4. The fraction of sp³-hybridized carbons (Fsp3) is 0.100. The van der Waals surface area contributed by atoms with Crippen molar-refractivity contribution in [2.45, 2.75) is 6.54 Å². The zero-order chi connectivity index (χ0) is 9.97. The van der Waals surface area contributed by atoms with Gasteiger partial charge in [0, 0.05) is 11.6 Å². The second-order valence-electron chi connectivity index (χ2n) is 2.89. The minimum atomic E-state index is -0.267. The molecule has 0 bridgehead atoms. The maximum absolute atomic E-state index is 12.6. The van der Waals surface area contributed by atoms with Gasteiger partial charge in [-0.25, -0.2) is 4.39 Å². The number of aromatic nitrogens is 1. The molecule has 2 aromatic rings. The van der Waals surface area contributed by atoms with Gasteiger partial charge in [0.15, 0.2) is 5.76 Å². The maximum atomic E-state index is 12.6. The number of halogens is 1. The van der Waals surface area contributed by atoms with Crippen molar-refractivity contribution in [3.8, 4) is 11.3 Å². The molecular formula is C10H9FN2O. The lowest BCUT2D eigenvalue weighted by atomic mass is 10.1. The van der Waals surface area contributed by atoms with Crippen LogP contribution >= 0.6 is 0 Å². The first-order valence-electron chi connectivity index (χ1n) is 4.21. The Labute approximate surface area is 80.3 Å². The third-order valence-corrected chi connectivity index (χ3v) is 1.90. The molecule has 0 fully saturated rings. The second-order valence-corrected chi connectivity index (χ2v) is 2.89. The minimum absolute atomic E-state index is 0.267. The molecule has 14 heavy (non-hydrogen) atoms. The highest BCUT2D eigenvalue weighted by Gasteiger charge is 2.04. The van der Waals surface area contributed by atoms with Crippen molar-refractivity contribution >= 4 is 0 Å². The van der Waals surface area contributed by atoms with Gasteiger partial charge in [-0.2, -0.15) is 0 Å². The fourth-order valence-electron chi connectivity index (χ4n) is 1.17. The first-order chi connectivity index (χ1) is 6.79. The molecule has 0 spiro atoms. The predicted octanol–water partition coefficient (Wildman–Crippen LogP) is 1.94. The topological polar surface area (TPSA) is 52.0 Å². The lowest BCUT2D eigenvalue weighted by Gasteiger charge is -1.93. The Balaban J connectivity index is 2.34. The SMILES string of the molecule is NCc1cc(-c2ccc(F)cc2)no1. The zero-order valence-electron chi connectivity index (χ0n) is 7.40. The Hall–Kier alpha value is -1.68. The van der Waals surface area contributed by atoms with Crippen LogP contribution in [0.25, 0.3) is 11.3 Å². The maximum Gasteiger partial charge on any atom is 0.150 e. The van der Waals surface area contributed by atoms with Crippen LogP contribution in [-0.2, 0) is 6.54 Å². The Morgan fingerprint density at radius 2 is 2.00 bits per heavy atom. The number of nitrogens with zero attached hydrogens (tertiary/aromatic N) is 1. The van der Waals surface area contributed by atoms with Crippen LogP contribution in [0.1, 0.15) is 5.76 Å². The van der Waals surface area contributed by atoms with Gasteiger partial charge in [-0.3, -0.25) is 0 Å². The first kappa shape index (κ1) is 8.90. The van der Waals surface area contributed by atoms with E-state index in [2.05, 4.69) is 5.16 Å². The van der Waals surface area contributed by atoms with Gasteiger partial charge in [-0.05, 0) is 24.3 Å². The number of rotatable bonds is 2. The summed E-state index contributed by atoms with van der Waals surface area (Å²) in [7, 11) is 0. The highest BCUT2D eigenvalue weighted by molar-refractivity contribution is 5.58. The average Bonchev–Trinajstić information content (AvgIpc) is 2.67. The van der Waals surface area contributed by atoms with Gasteiger partial charge < -0.3 is 10.3 Å². The van der Waals surface area contributed by atoms with Crippen LogP contribution in [-0.4, -0.2) is 5.16 Å². The number of hydrogen-bond donors (Lipinski definition) is 1. The summed E-state index contributed by atoms with van der Waals surface area (Å²) in [6.07, 6.45) is 0. The summed E-state index contributed by atoms with van der Waals surface area (Å²) in [4.78, 5) is 0. The van der Waals surface area contributed by atoms with Crippen molar-refractivity contribution < 1.29 is 8.91 Å². The van der Waals surface area contributed by atoms with E-state index in [0.717, 1.165) is 5.56 Å². The smallest absolute Gasteiger partial charge is 0.150 e. The molecule has 0 aliphatic heterocycles. The third kappa shape index (κ3) is 1.65. The van der Waals surface area contributed by atoms with E-state index in [1.54, 1.807) is 18.2 Å². The van der Waals surface area contributed by atoms with Gasteiger partial charge in [0.05, 0.1) is 6.54 Å². The number of benzene rings is 1. The largest absolute Gasteiger partial charge is 0.359 e. The quantitative estimate of drug-likeness (QED) is 0.791. The standard InChI is InChI=1S/C10H9FN2O/c11-8-3-1-7(2-4-8)10-5-9(6-12)14-13-10/h1-5H,6,12H2. The summed E-state index contributed by atoms with van der Waals surface area (Å²) < 4.78 is 17.5. The molecular weight excluding hydrogens is 183 g/mol. The van der Waals surface area contributed by atoms with E-state index in [1.807, 2.05) is 0 Å². The summed E-state index contributed by atoms with van der Waals surface area (Å²) in [6.45, 7) is 0.314. The van der Waals surface area contributed by atoms with Gasteiger partial charge in [0.1, 0.15) is 11.5 Å². The van der Waals surface area contributed by atoms with Crippen LogP contribution < -0.4 is 5.73 Å². The monoisotopic (exact) mass is 192 g/mol. The Kier molecular flexibility index (Phi) is 2.28. The molecule has 4 heteroatoms. The Morgan fingerprint density at radius 3 is 2.57 bits per heavy atom. The molecule has 72 valence electrons. The molecule has 0 aliphatic carbocycles. The highest BCUT2D eigenvalue weighted by atomic mass is 19.1. The molecule has 0 saturated carbocycles. The summed E-state index contributed by atoms with van der Waals surface area (Å²) in [5, 5.41) is 3.81. The zero-order valence-corrected chi connectivity index (χ0v) is 7.40. The minimum Gasteiger partial charge on any atom is -0.359 e. The van der Waals surface area contributed by atoms with E-state index in [9.17, 15) is 4.39 Å². The van der Waals surface area contributed by atoms with Crippen molar-refractivity contribution in [1.29, 1.82) is 0 Å². The first-order valence-corrected chi connectivity index (χ1v) is 4.21. The van der Waals surface area contributed by atoms with Gasteiger partial charge >= 0.3 is 0 Å². The molecule has 1 aromatic carbocycles.